The summed E-state index contributed by atoms with van der Waals surface area (Å²) < 4.78 is 67.3. The molecule has 0 spiro atoms. The molecule has 12 heteroatoms. The van der Waals surface area contributed by atoms with Gasteiger partial charge in [0.15, 0.2) is 0 Å². The van der Waals surface area contributed by atoms with Crippen molar-refractivity contribution >= 4 is 32.3 Å². The Bertz CT molecular complexity index is 2460. The smallest absolute Gasteiger partial charge is 0.119 e. The monoisotopic (exact) mass is 978 g/mol. The molecule has 0 radical (unpaired) electrons. The van der Waals surface area contributed by atoms with E-state index in [9.17, 15) is 0 Å². The maximum atomic E-state index is 6.09. The van der Waals surface area contributed by atoms with E-state index in [1.54, 1.807) is 28.4 Å². The molecule has 72 heavy (non-hydrogen) atoms. The molecule has 8 rings (SSSR count). The summed E-state index contributed by atoms with van der Waals surface area (Å²) in [5, 5.41) is 6.97. The molecular weight excluding hydrogens is 913 g/mol. The zero-order valence-electron chi connectivity index (χ0n) is 41.9. The Morgan fingerprint density at radius 1 is 0.236 bits per heavy atom. The third-order valence-electron chi connectivity index (χ3n) is 12.3. The summed E-state index contributed by atoms with van der Waals surface area (Å²) in [4.78, 5) is 0. The van der Waals surface area contributed by atoms with Gasteiger partial charge < -0.3 is 56.8 Å². The van der Waals surface area contributed by atoms with Crippen LogP contribution < -0.4 is 18.9 Å². The van der Waals surface area contributed by atoms with Crippen LogP contribution in [0.2, 0.25) is 0 Å². The first-order valence-corrected chi connectivity index (χ1v) is 24.6. The van der Waals surface area contributed by atoms with Crippen molar-refractivity contribution in [2.24, 2.45) is 0 Å². The van der Waals surface area contributed by atoms with E-state index in [4.69, 9.17) is 56.8 Å². The number of methoxy groups -OCH3 is 4. The van der Waals surface area contributed by atoms with Crippen molar-refractivity contribution < 1.29 is 56.8 Å². The highest BCUT2D eigenvalue weighted by molar-refractivity contribution is 6.32. The molecule has 0 saturated heterocycles. The first kappa shape index (κ1) is 52.0. The summed E-state index contributed by atoms with van der Waals surface area (Å²) in [6.45, 7) is 7.98. The Kier molecular flexibility index (Phi) is 19.9. The Morgan fingerprint density at radius 3 is 0.653 bits per heavy atom. The van der Waals surface area contributed by atoms with Gasteiger partial charge in [0.2, 0.25) is 0 Å². The van der Waals surface area contributed by atoms with Crippen molar-refractivity contribution in [1.82, 2.24) is 0 Å². The Balaban J connectivity index is 1.22. The second-order valence-electron chi connectivity index (χ2n) is 16.9. The molecule has 0 atom stereocenters. The van der Waals surface area contributed by atoms with Gasteiger partial charge >= 0.3 is 0 Å². The number of hydrogen-bond acceptors (Lipinski definition) is 12. The third kappa shape index (κ3) is 13.6. The van der Waals surface area contributed by atoms with Crippen LogP contribution >= 0.6 is 0 Å². The minimum atomic E-state index is 0.442. The summed E-state index contributed by atoms with van der Waals surface area (Å²) in [6, 6.07) is 47.2. The van der Waals surface area contributed by atoms with E-state index >= 15 is 0 Å². The minimum Gasteiger partial charge on any atom is -0.491 e. The molecule has 0 aromatic heterocycles. The number of rotatable bonds is 32. The van der Waals surface area contributed by atoms with E-state index in [0.717, 1.165) is 89.1 Å². The topological polar surface area (TPSA) is 111 Å². The largest absolute Gasteiger partial charge is 0.491 e. The van der Waals surface area contributed by atoms with Crippen molar-refractivity contribution in [3.05, 3.63) is 133 Å². The fourth-order valence-electron chi connectivity index (χ4n) is 8.72. The van der Waals surface area contributed by atoms with Crippen molar-refractivity contribution in [1.29, 1.82) is 0 Å². The van der Waals surface area contributed by atoms with Crippen molar-refractivity contribution in [3.63, 3.8) is 0 Å². The highest BCUT2D eigenvalue weighted by atomic mass is 16.6. The Morgan fingerprint density at radius 2 is 0.444 bits per heavy atom. The summed E-state index contributed by atoms with van der Waals surface area (Å²) in [7, 11) is 6.66. The van der Waals surface area contributed by atoms with Gasteiger partial charge in [-0.2, -0.15) is 0 Å². The van der Waals surface area contributed by atoms with Crippen LogP contribution in [-0.4, -0.2) is 134 Å². The SMILES string of the molecule is COCCOCCOc1ccc(-c2cc(-c3ccc(OCCOCCOC)cc3)c3ccc4c(-c5ccc(OCCOCCOC)cc5)cc(-c5ccc(OCCOCCOC)cc5)c5ccc2c3c54)cc1. The van der Waals surface area contributed by atoms with Crippen LogP contribution in [-0.2, 0) is 37.9 Å². The fraction of sp³-hybridized carbons (Fsp3) is 0.333. The van der Waals surface area contributed by atoms with Crippen molar-refractivity contribution in [2.75, 3.05) is 134 Å². The van der Waals surface area contributed by atoms with E-state index in [0.29, 0.717) is 106 Å². The van der Waals surface area contributed by atoms with Gasteiger partial charge in [-0.1, -0.05) is 72.8 Å². The Labute approximate surface area is 422 Å². The maximum absolute atomic E-state index is 6.09. The quantitative estimate of drug-likeness (QED) is 0.0296. The van der Waals surface area contributed by atoms with Crippen molar-refractivity contribution in [2.45, 2.75) is 0 Å². The third-order valence-corrected chi connectivity index (χ3v) is 12.3. The van der Waals surface area contributed by atoms with Crippen LogP contribution in [0, 0.1) is 0 Å². The average Bonchev–Trinajstić information content (AvgIpc) is 3.42. The molecule has 0 N–H and O–H groups in total. The van der Waals surface area contributed by atoms with Gasteiger partial charge in [-0.05, 0) is 137 Å². The molecule has 12 nitrogen and oxygen atoms in total. The molecule has 0 amide bonds. The molecule has 8 aromatic carbocycles. The number of ether oxygens (including phenoxy) is 12. The average molecular weight is 979 g/mol. The van der Waals surface area contributed by atoms with Gasteiger partial charge in [-0.25, -0.2) is 0 Å². The van der Waals surface area contributed by atoms with E-state index in [1.807, 2.05) is 48.5 Å². The lowest BCUT2D eigenvalue weighted by Gasteiger charge is -2.22. The van der Waals surface area contributed by atoms with Gasteiger partial charge in [0.05, 0.1) is 79.3 Å². The molecule has 0 aliphatic rings. The zero-order chi connectivity index (χ0) is 49.7. The minimum absolute atomic E-state index is 0.442. The van der Waals surface area contributed by atoms with Crippen LogP contribution in [0.4, 0.5) is 0 Å². The van der Waals surface area contributed by atoms with Gasteiger partial charge in [0.25, 0.3) is 0 Å². The fourth-order valence-corrected chi connectivity index (χ4v) is 8.72. The predicted octanol–water partition coefficient (Wildman–Crippen LogP) is 11.4. The lowest BCUT2D eigenvalue weighted by molar-refractivity contribution is 0.0544. The summed E-state index contributed by atoms with van der Waals surface area (Å²) in [6.07, 6.45) is 0. The normalized spacial score (nSPS) is 11.6. The van der Waals surface area contributed by atoms with Crippen LogP contribution in [0.15, 0.2) is 133 Å². The van der Waals surface area contributed by atoms with E-state index in [2.05, 4.69) is 84.9 Å². The van der Waals surface area contributed by atoms with Crippen molar-refractivity contribution in [3.8, 4) is 67.5 Å². The van der Waals surface area contributed by atoms with Gasteiger partial charge in [0, 0.05) is 28.4 Å². The molecule has 378 valence electrons. The van der Waals surface area contributed by atoms with Gasteiger partial charge in [-0.15, -0.1) is 0 Å². The second kappa shape index (κ2) is 27.5. The highest BCUT2D eigenvalue weighted by Gasteiger charge is 2.21. The molecule has 0 unspecified atom stereocenters. The predicted molar refractivity (Wildman–Crippen MR) is 285 cm³/mol. The van der Waals surface area contributed by atoms with E-state index < -0.39 is 0 Å². The molecular formula is C60H66O12. The first-order chi connectivity index (χ1) is 35.6. The summed E-state index contributed by atoms with van der Waals surface area (Å²) in [5.41, 5.74) is 8.75. The summed E-state index contributed by atoms with van der Waals surface area (Å²) in [5.74, 6) is 3.11. The molecule has 0 bridgehead atoms. The van der Waals surface area contributed by atoms with Crippen LogP contribution in [0.25, 0.3) is 76.8 Å². The lowest BCUT2D eigenvalue weighted by Crippen LogP contribution is -2.09. The molecule has 0 fully saturated rings. The summed E-state index contributed by atoms with van der Waals surface area (Å²) >= 11 is 0. The highest BCUT2D eigenvalue weighted by Crippen LogP contribution is 2.49. The molecule has 0 aliphatic carbocycles. The second-order valence-corrected chi connectivity index (χ2v) is 16.9. The van der Waals surface area contributed by atoms with Crippen LogP contribution in [0.1, 0.15) is 0 Å². The van der Waals surface area contributed by atoms with Gasteiger partial charge in [0.1, 0.15) is 49.4 Å². The van der Waals surface area contributed by atoms with E-state index in [-0.39, 0.29) is 0 Å². The molecule has 0 aliphatic heterocycles. The number of hydrogen-bond donors (Lipinski definition) is 0. The van der Waals surface area contributed by atoms with Crippen LogP contribution in [0.5, 0.6) is 23.0 Å². The molecule has 0 saturated carbocycles. The Hall–Kier alpha value is -6.32. The van der Waals surface area contributed by atoms with E-state index in [1.165, 1.54) is 10.8 Å². The number of benzene rings is 8. The van der Waals surface area contributed by atoms with Crippen LogP contribution in [0.3, 0.4) is 0 Å². The van der Waals surface area contributed by atoms with Gasteiger partial charge in [-0.3, -0.25) is 0 Å². The standard InChI is InChI=1S/C60H66O12/c1-61-25-29-65-33-37-69-47-13-5-43(6-14-47)55-41-56(44-7-15-48(16-8-44)70-38-34-66-30-26-62-2)52-23-24-54-58(46-11-19-50(20-12-46)72-40-36-68-32-28-64-4)42-57(53-22-21-51(55)59(52)60(53)54)45-9-17-49(18-10-45)71-39-35-67-31-27-63-3/h5-24,41-42H,25-40H2,1-4H3. The maximum Gasteiger partial charge on any atom is 0.119 e. The molecule has 0 heterocycles. The molecule has 8 aromatic rings. The first-order valence-electron chi connectivity index (χ1n) is 24.6. The lowest BCUT2D eigenvalue weighted by atomic mass is 9.82. The zero-order valence-corrected chi connectivity index (χ0v) is 41.9.